The van der Waals surface area contributed by atoms with Gasteiger partial charge in [0.2, 0.25) is 0 Å². The van der Waals surface area contributed by atoms with Gasteiger partial charge < -0.3 is 14.6 Å². The van der Waals surface area contributed by atoms with Gasteiger partial charge in [-0.05, 0) is 0 Å². The molecule has 0 aliphatic rings. The van der Waals surface area contributed by atoms with Crippen LogP contribution in [-0.2, 0) is 6.61 Å². The zero-order valence-corrected chi connectivity index (χ0v) is 10.8. The maximum Gasteiger partial charge on any atom is 0.144 e. The first-order chi connectivity index (χ1) is 8.71. The number of benzene rings is 1. The Balaban J connectivity index is 2.62. The molecule has 0 fully saturated rings. The number of rotatable bonds is 4. The van der Waals surface area contributed by atoms with Crippen LogP contribution in [0.25, 0.3) is 5.69 Å². The van der Waals surface area contributed by atoms with Crippen LogP contribution >= 0.6 is 11.6 Å². The summed E-state index contributed by atoms with van der Waals surface area (Å²) in [7, 11) is 3.09. The molecule has 0 unspecified atom stereocenters. The number of aliphatic hydroxyl groups excluding tert-OH is 1. The Hall–Kier alpha value is -1.72. The third-order valence-corrected chi connectivity index (χ3v) is 2.89. The van der Waals surface area contributed by atoms with E-state index < -0.39 is 0 Å². The summed E-state index contributed by atoms with van der Waals surface area (Å²) in [6.07, 6.45) is 3.18. The van der Waals surface area contributed by atoms with Crippen molar-refractivity contribution in [3.63, 3.8) is 0 Å². The number of ether oxygens (including phenoxy) is 2. The lowest BCUT2D eigenvalue weighted by Gasteiger charge is -2.14. The predicted molar refractivity (Wildman–Crippen MR) is 67.6 cm³/mol. The molecule has 0 amide bonds. The van der Waals surface area contributed by atoms with Crippen molar-refractivity contribution in [3.8, 4) is 17.2 Å². The van der Waals surface area contributed by atoms with Crippen LogP contribution in [0, 0.1) is 0 Å². The van der Waals surface area contributed by atoms with Gasteiger partial charge in [-0.15, -0.1) is 0 Å². The monoisotopic (exact) mass is 268 g/mol. The number of methoxy groups -OCH3 is 2. The molecule has 5 nitrogen and oxygen atoms in total. The number of imidazole rings is 1. The zero-order chi connectivity index (χ0) is 13.1. The molecule has 0 atom stereocenters. The molecule has 2 aromatic rings. The molecule has 0 saturated carbocycles. The second kappa shape index (κ2) is 5.29. The lowest BCUT2D eigenvalue weighted by atomic mass is 10.2. The van der Waals surface area contributed by atoms with E-state index in [1.165, 1.54) is 0 Å². The lowest BCUT2D eigenvalue weighted by molar-refractivity contribution is 0.274. The molecule has 2 rings (SSSR count). The highest BCUT2D eigenvalue weighted by Crippen LogP contribution is 2.35. The van der Waals surface area contributed by atoms with Crippen LogP contribution in [-0.4, -0.2) is 28.9 Å². The Kier molecular flexibility index (Phi) is 3.74. The first-order valence-electron chi connectivity index (χ1n) is 5.25. The molecule has 0 aliphatic heterocycles. The van der Waals surface area contributed by atoms with Crippen molar-refractivity contribution in [1.29, 1.82) is 0 Å². The van der Waals surface area contributed by atoms with Crippen molar-refractivity contribution in [3.05, 3.63) is 35.4 Å². The van der Waals surface area contributed by atoms with Gasteiger partial charge in [-0.2, -0.15) is 0 Å². The molecule has 1 aromatic carbocycles. The van der Waals surface area contributed by atoms with Crippen LogP contribution in [0.2, 0.25) is 5.02 Å². The van der Waals surface area contributed by atoms with Crippen LogP contribution in [0.15, 0.2) is 24.7 Å². The summed E-state index contributed by atoms with van der Waals surface area (Å²) < 4.78 is 12.2. The van der Waals surface area contributed by atoms with E-state index in [2.05, 4.69) is 4.98 Å². The second-order valence-corrected chi connectivity index (χ2v) is 3.98. The number of aliphatic hydroxyl groups is 1. The van der Waals surface area contributed by atoms with Gasteiger partial charge in [0.05, 0.1) is 49.8 Å². The molecule has 0 radical (unpaired) electrons. The van der Waals surface area contributed by atoms with E-state index in [0.717, 1.165) is 0 Å². The van der Waals surface area contributed by atoms with Crippen LogP contribution in [0.1, 0.15) is 5.69 Å². The predicted octanol–water partition coefficient (Wildman–Crippen LogP) is 2.04. The zero-order valence-electron chi connectivity index (χ0n) is 10.1. The smallest absolute Gasteiger partial charge is 0.144 e. The third-order valence-electron chi connectivity index (χ3n) is 2.59. The van der Waals surface area contributed by atoms with Crippen molar-refractivity contribution in [2.75, 3.05) is 14.2 Å². The Morgan fingerprint density at radius 2 is 2.00 bits per heavy atom. The molecule has 6 heteroatoms. The van der Waals surface area contributed by atoms with Crippen LogP contribution in [0.3, 0.4) is 0 Å². The fourth-order valence-electron chi connectivity index (χ4n) is 1.69. The molecule has 96 valence electrons. The molecule has 1 aromatic heterocycles. The van der Waals surface area contributed by atoms with Gasteiger partial charge in [-0.3, -0.25) is 4.57 Å². The van der Waals surface area contributed by atoms with E-state index in [1.807, 2.05) is 0 Å². The second-order valence-electron chi connectivity index (χ2n) is 3.57. The number of aromatic nitrogens is 2. The summed E-state index contributed by atoms with van der Waals surface area (Å²) in [4.78, 5) is 4.00. The minimum atomic E-state index is -0.117. The number of hydrogen-bond donors (Lipinski definition) is 1. The van der Waals surface area contributed by atoms with Crippen molar-refractivity contribution in [1.82, 2.24) is 9.55 Å². The minimum absolute atomic E-state index is 0.117. The summed E-state index contributed by atoms with van der Waals surface area (Å²) in [5.74, 6) is 1.11. The summed E-state index contributed by atoms with van der Waals surface area (Å²) in [5.41, 5.74) is 1.36. The lowest BCUT2D eigenvalue weighted by Crippen LogP contribution is -2.02. The maximum absolute atomic E-state index is 9.25. The summed E-state index contributed by atoms with van der Waals surface area (Å²) in [6.45, 7) is -0.117. The van der Waals surface area contributed by atoms with Gasteiger partial charge in [0, 0.05) is 12.1 Å². The Morgan fingerprint density at radius 1 is 1.28 bits per heavy atom. The highest BCUT2D eigenvalue weighted by molar-refractivity contribution is 6.32. The van der Waals surface area contributed by atoms with Gasteiger partial charge in [-0.25, -0.2) is 4.98 Å². The molecular weight excluding hydrogens is 256 g/mol. The van der Waals surface area contributed by atoms with E-state index in [0.29, 0.717) is 27.9 Å². The van der Waals surface area contributed by atoms with E-state index in [1.54, 1.807) is 43.4 Å². The third kappa shape index (κ3) is 2.14. The summed E-state index contributed by atoms with van der Waals surface area (Å²) >= 11 is 6.04. The first-order valence-corrected chi connectivity index (χ1v) is 5.63. The molecule has 18 heavy (non-hydrogen) atoms. The first kappa shape index (κ1) is 12.7. The minimum Gasteiger partial charge on any atom is -0.495 e. The molecule has 0 spiro atoms. The van der Waals surface area contributed by atoms with Gasteiger partial charge in [0.15, 0.2) is 0 Å². The average molecular weight is 269 g/mol. The summed E-state index contributed by atoms with van der Waals surface area (Å²) in [5, 5.41) is 9.72. The van der Waals surface area contributed by atoms with Gasteiger partial charge in [-0.1, -0.05) is 11.6 Å². The Bertz CT molecular complexity index is 554. The maximum atomic E-state index is 9.25. The number of hydrogen-bond acceptors (Lipinski definition) is 4. The van der Waals surface area contributed by atoms with E-state index >= 15 is 0 Å². The number of nitrogens with zero attached hydrogens (tertiary/aromatic N) is 2. The van der Waals surface area contributed by atoms with Crippen molar-refractivity contribution in [2.24, 2.45) is 0 Å². The molecule has 1 N–H and O–H groups in total. The van der Waals surface area contributed by atoms with E-state index in [-0.39, 0.29) is 6.61 Å². The summed E-state index contributed by atoms with van der Waals surface area (Å²) in [6, 6.07) is 3.40. The normalized spacial score (nSPS) is 10.4. The molecule has 0 saturated heterocycles. The van der Waals surface area contributed by atoms with E-state index in [4.69, 9.17) is 21.1 Å². The largest absolute Gasteiger partial charge is 0.495 e. The van der Waals surface area contributed by atoms with Crippen LogP contribution in [0.4, 0.5) is 0 Å². The quantitative estimate of drug-likeness (QED) is 0.922. The van der Waals surface area contributed by atoms with E-state index in [9.17, 15) is 5.11 Å². The molecule has 0 bridgehead atoms. The van der Waals surface area contributed by atoms with Crippen molar-refractivity contribution in [2.45, 2.75) is 6.61 Å². The topological polar surface area (TPSA) is 56.5 Å². The van der Waals surface area contributed by atoms with Gasteiger partial charge >= 0.3 is 0 Å². The SMILES string of the molecule is COc1cc(-n2cncc2CO)c(OC)cc1Cl. The Morgan fingerprint density at radius 3 is 2.61 bits per heavy atom. The fourth-order valence-corrected chi connectivity index (χ4v) is 1.92. The number of halogens is 1. The van der Waals surface area contributed by atoms with Crippen LogP contribution in [0.5, 0.6) is 11.5 Å². The highest BCUT2D eigenvalue weighted by Gasteiger charge is 2.13. The highest BCUT2D eigenvalue weighted by atomic mass is 35.5. The van der Waals surface area contributed by atoms with Crippen molar-refractivity contribution < 1.29 is 14.6 Å². The standard InChI is InChI=1S/C12H13ClN2O3/c1-17-11-4-10(12(18-2)3-9(11)13)15-7-14-5-8(15)6-16/h3-5,7,16H,6H2,1-2H3. The van der Waals surface area contributed by atoms with Crippen molar-refractivity contribution >= 4 is 11.6 Å². The average Bonchev–Trinajstić information content (AvgIpc) is 2.86. The Labute approximate surface area is 110 Å². The fraction of sp³-hybridized carbons (Fsp3) is 0.250. The molecular formula is C12H13ClN2O3. The molecule has 1 heterocycles. The van der Waals surface area contributed by atoms with Crippen LogP contribution < -0.4 is 9.47 Å². The molecule has 0 aliphatic carbocycles. The van der Waals surface area contributed by atoms with Gasteiger partial charge in [0.25, 0.3) is 0 Å². The van der Waals surface area contributed by atoms with Gasteiger partial charge in [0.1, 0.15) is 11.5 Å².